The van der Waals surface area contributed by atoms with Crippen molar-refractivity contribution in [3.63, 3.8) is 0 Å². The second-order valence-electron chi connectivity index (χ2n) is 17.8. The van der Waals surface area contributed by atoms with Crippen molar-refractivity contribution in [2.45, 2.75) is 115 Å². The predicted octanol–water partition coefficient (Wildman–Crippen LogP) is 6.95. The van der Waals surface area contributed by atoms with Crippen LogP contribution in [0.4, 0.5) is 0 Å². The maximum absolute atomic E-state index is 13.8. The van der Waals surface area contributed by atoms with E-state index in [2.05, 4.69) is 59.9 Å². The Balaban J connectivity index is 1.23. The molecule has 3 heterocycles. The minimum atomic E-state index is -1.16. The van der Waals surface area contributed by atoms with Crippen LogP contribution in [0.1, 0.15) is 90.0 Å². The normalized spacial score (nSPS) is 25.4. The number of hydrogen-bond acceptors (Lipinski definition) is 12. The largest absolute Gasteiger partial charge is 0.495 e. The van der Waals surface area contributed by atoms with Gasteiger partial charge in [-0.1, -0.05) is 97.3 Å². The van der Waals surface area contributed by atoms with Gasteiger partial charge in [0.05, 0.1) is 24.2 Å². The number of cyclic esters (lactones) is 2. The van der Waals surface area contributed by atoms with Gasteiger partial charge in [0.2, 0.25) is 17.7 Å². The number of benzene rings is 2. The molecule has 2 fully saturated rings. The molecule has 0 aromatic heterocycles. The quantitative estimate of drug-likeness (QED) is 0.108. The van der Waals surface area contributed by atoms with E-state index in [4.69, 9.17) is 30.5 Å². The lowest BCUT2D eigenvalue weighted by molar-refractivity contribution is -0.176. The van der Waals surface area contributed by atoms with Crippen LogP contribution in [-0.2, 0) is 51.1 Å². The number of hydrogen-bond donors (Lipinski definition) is 2. The number of nitrogens with zero attached hydrogens (tertiary/aromatic N) is 2. The van der Waals surface area contributed by atoms with Crippen molar-refractivity contribution in [3.8, 4) is 5.75 Å². The summed E-state index contributed by atoms with van der Waals surface area (Å²) in [7, 11) is 5.06. The van der Waals surface area contributed by atoms with Gasteiger partial charge in [-0.05, 0) is 73.8 Å². The van der Waals surface area contributed by atoms with Crippen LogP contribution in [0.25, 0.3) is 0 Å². The molecule has 2 saturated heterocycles. The number of piperazine rings is 1. The molecule has 5 rings (SSSR count). The molecule has 0 spiro atoms. The molecule has 2 aromatic carbocycles. The van der Waals surface area contributed by atoms with E-state index in [1.165, 1.54) is 18.7 Å². The Bertz CT molecular complexity index is 1920. The summed E-state index contributed by atoms with van der Waals surface area (Å²) in [6, 6.07) is 12.5. The molecule has 63 heavy (non-hydrogen) atoms. The monoisotopic (exact) mass is 928 g/mol. The van der Waals surface area contributed by atoms with E-state index < -0.39 is 47.9 Å². The fraction of sp³-hybridized carbons (Fsp3) is 0.596. The molecule has 16 heteroatoms. The Hall–Kier alpha value is -3.76. The summed E-state index contributed by atoms with van der Waals surface area (Å²) in [6.07, 6.45) is 4.63. The van der Waals surface area contributed by atoms with Crippen molar-refractivity contribution in [1.82, 2.24) is 20.4 Å². The average molecular weight is 930 g/mol. The molecule has 0 unspecified atom stereocenters. The SMILES string of the molecule is COc1ccc(C[C@H]2NC(=O)/C=C/C[C@@H]([C@H](C)[C@H]3O[C@@H]3c3ccc(CN4CCN(C(=O)CCC(C)(C)SSC)CC4)cc3)OC(=O)[C@H](CC(C)C)OC(=O)[C@H](C)CNC2=O)cc1Cl. The zero-order chi connectivity index (χ0) is 45.8. The first-order valence-corrected chi connectivity index (χ1v) is 24.8. The van der Waals surface area contributed by atoms with Crippen molar-refractivity contribution in [3.05, 3.63) is 76.3 Å². The third-order valence-electron chi connectivity index (χ3n) is 11.7. The van der Waals surface area contributed by atoms with Crippen LogP contribution in [0, 0.1) is 17.8 Å². The molecule has 13 nitrogen and oxygen atoms in total. The topological polar surface area (TPSA) is 156 Å². The molecule has 7 atom stereocenters. The van der Waals surface area contributed by atoms with Crippen LogP contribution < -0.4 is 15.4 Å². The number of esters is 2. The van der Waals surface area contributed by atoms with E-state index in [1.807, 2.05) is 36.5 Å². The van der Waals surface area contributed by atoms with Crippen molar-refractivity contribution in [1.29, 1.82) is 0 Å². The summed E-state index contributed by atoms with van der Waals surface area (Å²) in [4.78, 5) is 71.2. The molecule has 2 aromatic rings. The highest BCUT2D eigenvalue weighted by Gasteiger charge is 2.48. The van der Waals surface area contributed by atoms with E-state index in [1.54, 1.807) is 42.0 Å². The van der Waals surface area contributed by atoms with Gasteiger partial charge in [-0.2, -0.15) is 0 Å². The summed E-state index contributed by atoms with van der Waals surface area (Å²) >= 11 is 6.36. The number of carbonyl (C=O) groups excluding carboxylic acids is 5. The fourth-order valence-corrected chi connectivity index (χ4v) is 10.3. The molecule has 3 aliphatic rings. The maximum atomic E-state index is 13.8. The first kappa shape index (κ1) is 50.2. The van der Waals surface area contributed by atoms with Crippen LogP contribution in [0.5, 0.6) is 5.75 Å². The van der Waals surface area contributed by atoms with Gasteiger partial charge < -0.3 is 34.5 Å². The highest BCUT2D eigenvalue weighted by atomic mass is 35.5. The molecule has 0 saturated carbocycles. The van der Waals surface area contributed by atoms with Gasteiger partial charge in [0.15, 0.2) is 6.10 Å². The van der Waals surface area contributed by atoms with Crippen LogP contribution >= 0.6 is 33.2 Å². The van der Waals surface area contributed by atoms with E-state index in [9.17, 15) is 24.0 Å². The molecule has 2 N–H and O–H groups in total. The van der Waals surface area contributed by atoms with E-state index in [-0.39, 0.29) is 60.5 Å². The van der Waals surface area contributed by atoms with Crippen molar-refractivity contribution in [2.24, 2.45) is 17.8 Å². The van der Waals surface area contributed by atoms with Crippen molar-refractivity contribution >= 4 is 62.8 Å². The summed E-state index contributed by atoms with van der Waals surface area (Å²) < 4.78 is 23.5. The summed E-state index contributed by atoms with van der Waals surface area (Å²) in [5, 5.41) is 5.90. The van der Waals surface area contributed by atoms with E-state index in [0.717, 1.165) is 44.7 Å². The lowest BCUT2D eigenvalue weighted by Gasteiger charge is -2.35. The highest BCUT2D eigenvalue weighted by molar-refractivity contribution is 8.76. The van der Waals surface area contributed by atoms with E-state index in [0.29, 0.717) is 22.8 Å². The van der Waals surface area contributed by atoms with Crippen LogP contribution in [0.2, 0.25) is 5.02 Å². The minimum absolute atomic E-state index is 0.00667. The highest BCUT2D eigenvalue weighted by Crippen LogP contribution is 2.45. The predicted molar refractivity (Wildman–Crippen MR) is 248 cm³/mol. The minimum Gasteiger partial charge on any atom is -0.495 e. The number of carbonyl (C=O) groups is 5. The van der Waals surface area contributed by atoms with Gasteiger partial charge in [-0.3, -0.25) is 24.1 Å². The van der Waals surface area contributed by atoms with E-state index >= 15 is 0 Å². The van der Waals surface area contributed by atoms with Crippen LogP contribution in [0.15, 0.2) is 54.6 Å². The Labute approximate surface area is 385 Å². The molecular formula is C47H65ClN4O9S2. The fourth-order valence-electron chi connectivity index (χ4n) is 7.81. The number of rotatable bonds is 15. The van der Waals surface area contributed by atoms with Gasteiger partial charge in [0.1, 0.15) is 24.0 Å². The number of halogens is 1. The summed E-state index contributed by atoms with van der Waals surface area (Å²) in [5.74, 6) is -2.71. The Morgan fingerprint density at radius 1 is 0.984 bits per heavy atom. The lowest BCUT2D eigenvalue weighted by atomic mass is 9.93. The second kappa shape index (κ2) is 23.4. The molecule has 0 bridgehead atoms. The average Bonchev–Trinajstić information content (AvgIpc) is 4.05. The number of ether oxygens (including phenoxy) is 4. The summed E-state index contributed by atoms with van der Waals surface area (Å²) in [5.41, 5.74) is 2.87. The second-order valence-corrected chi connectivity index (χ2v) is 21.3. The van der Waals surface area contributed by atoms with Gasteiger partial charge in [0, 0.05) is 69.2 Å². The van der Waals surface area contributed by atoms with Gasteiger partial charge in [-0.25, -0.2) is 4.79 Å². The Morgan fingerprint density at radius 3 is 2.33 bits per heavy atom. The lowest BCUT2D eigenvalue weighted by Crippen LogP contribution is -2.49. The Kier molecular flexibility index (Phi) is 18.7. The number of amides is 3. The van der Waals surface area contributed by atoms with Gasteiger partial charge in [0.25, 0.3) is 0 Å². The zero-order valence-corrected chi connectivity index (χ0v) is 40.2. The molecule has 0 radical (unpaired) electrons. The van der Waals surface area contributed by atoms with Gasteiger partial charge >= 0.3 is 11.9 Å². The van der Waals surface area contributed by atoms with Crippen LogP contribution in [-0.4, -0.2) is 115 Å². The Morgan fingerprint density at radius 2 is 1.68 bits per heavy atom. The third kappa shape index (κ3) is 15.2. The van der Waals surface area contributed by atoms with Crippen molar-refractivity contribution in [2.75, 3.05) is 46.1 Å². The molecule has 0 aliphatic carbocycles. The number of methoxy groups -OCH3 is 1. The smallest absolute Gasteiger partial charge is 0.347 e. The van der Waals surface area contributed by atoms with Gasteiger partial charge in [-0.15, -0.1) is 0 Å². The van der Waals surface area contributed by atoms with Crippen molar-refractivity contribution < 1.29 is 42.9 Å². The summed E-state index contributed by atoms with van der Waals surface area (Å²) in [6.45, 7) is 15.6. The first-order chi connectivity index (χ1) is 30.0. The molecule has 3 aliphatic heterocycles. The number of epoxide rings is 1. The number of nitrogens with one attached hydrogen (secondary N) is 2. The molecular weight excluding hydrogens is 864 g/mol. The molecule has 3 amide bonds. The van der Waals surface area contributed by atoms with Crippen LogP contribution in [0.3, 0.4) is 0 Å². The molecule has 346 valence electrons. The standard InChI is InChI=1S/C47H65ClN4O9S2/c1-29(2)24-39-46(57)59-37(10-9-11-40(53)50-36(44(55)49-27-30(3)45(56)60-39)26-33-14-17-38(58-7)35(48)25-33)31(4)42-43(61-42)34-15-12-32(13-16-34)28-51-20-22-52(23-21-51)41(54)18-19-47(5,6)63-62-8/h9,11-17,25,29-31,36-37,39,42-43H,10,18-24,26-28H2,1-8H3,(H,49,55)(H,50,53)/b11-9+/t30-,31+,36-,37+,39+,42-,43-/m1/s1. The first-order valence-electron chi connectivity index (χ1n) is 21.9. The zero-order valence-electron chi connectivity index (χ0n) is 37.9. The third-order valence-corrected chi connectivity index (χ3v) is 14.7. The maximum Gasteiger partial charge on any atom is 0.347 e.